The van der Waals surface area contributed by atoms with Crippen molar-refractivity contribution in [3.63, 3.8) is 0 Å². The summed E-state index contributed by atoms with van der Waals surface area (Å²) in [6.45, 7) is 6.07. The average molecular weight is 495 g/mol. The van der Waals surface area contributed by atoms with Gasteiger partial charge in [0.1, 0.15) is 12.4 Å². The van der Waals surface area contributed by atoms with Crippen LogP contribution in [-0.4, -0.2) is 73.1 Å². The van der Waals surface area contributed by atoms with Gasteiger partial charge in [-0.25, -0.2) is 19.6 Å². The maximum atomic E-state index is 10.3. The van der Waals surface area contributed by atoms with Crippen molar-refractivity contribution in [3.8, 4) is 0 Å². The van der Waals surface area contributed by atoms with Crippen molar-refractivity contribution in [2.75, 3.05) is 19.7 Å². The van der Waals surface area contributed by atoms with Crippen molar-refractivity contribution >= 4 is 23.2 Å². The minimum Gasteiger partial charge on any atom is -0.394 e. The molecule has 36 heavy (non-hydrogen) atoms. The standard InChI is InChI=1S/C27H38N6O3/c1-3-5-14-32(15-6-4-2)19-30-26-25-21(13-12-20-10-8-7-9-11-20)31-33(27(25)29-18-28-26)24-16-22(35)23(17-34)36-24/h7-11,18-19,22-24,34-35H,3-6,12-17H2,1-2H3/b30-19+/t22-,23+,24+/m0/s1. The van der Waals surface area contributed by atoms with E-state index in [1.807, 2.05) is 24.5 Å². The molecule has 9 heteroatoms. The molecule has 1 aromatic carbocycles. The molecule has 0 bridgehead atoms. The van der Waals surface area contributed by atoms with Crippen LogP contribution in [0.2, 0.25) is 0 Å². The first-order chi connectivity index (χ1) is 17.6. The number of aliphatic imine (C=N–C) groups is 1. The molecule has 0 saturated carbocycles. The molecule has 0 amide bonds. The largest absolute Gasteiger partial charge is 0.394 e. The molecule has 1 aliphatic heterocycles. The molecule has 1 aliphatic rings. The van der Waals surface area contributed by atoms with Crippen molar-refractivity contribution < 1.29 is 14.9 Å². The molecule has 3 heterocycles. The third-order valence-corrected chi connectivity index (χ3v) is 6.63. The summed E-state index contributed by atoms with van der Waals surface area (Å²) in [6.07, 6.45) is 7.85. The van der Waals surface area contributed by atoms with E-state index in [4.69, 9.17) is 14.8 Å². The molecule has 3 atom stereocenters. The highest BCUT2D eigenvalue weighted by atomic mass is 16.5. The Balaban J connectivity index is 1.69. The van der Waals surface area contributed by atoms with Crippen LogP contribution in [0.25, 0.3) is 11.0 Å². The van der Waals surface area contributed by atoms with E-state index in [0.29, 0.717) is 24.3 Å². The molecule has 1 fully saturated rings. The van der Waals surface area contributed by atoms with Crippen molar-refractivity contribution in [2.24, 2.45) is 4.99 Å². The van der Waals surface area contributed by atoms with Gasteiger partial charge in [-0.15, -0.1) is 0 Å². The normalized spacial score (nSPS) is 20.1. The monoisotopic (exact) mass is 494 g/mol. The number of hydrogen-bond donors (Lipinski definition) is 2. The lowest BCUT2D eigenvalue weighted by Gasteiger charge is -2.18. The summed E-state index contributed by atoms with van der Waals surface area (Å²) in [6, 6.07) is 10.3. The number of hydrogen-bond acceptors (Lipinski definition) is 7. The van der Waals surface area contributed by atoms with E-state index in [1.165, 1.54) is 11.9 Å². The van der Waals surface area contributed by atoms with Crippen LogP contribution in [0.4, 0.5) is 5.82 Å². The van der Waals surface area contributed by atoms with Crippen LogP contribution >= 0.6 is 0 Å². The molecule has 0 aliphatic carbocycles. The first-order valence-corrected chi connectivity index (χ1v) is 13.1. The molecule has 2 N–H and O–H groups in total. The molecular formula is C27H38N6O3. The van der Waals surface area contributed by atoms with Gasteiger partial charge in [0.25, 0.3) is 0 Å². The fraction of sp³-hybridized carbons (Fsp3) is 0.556. The van der Waals surface area contributed by atoms with E-state index >= 15 is 0 Å². The van der Waals surface area contributed by atoms with Gasteiger partial charge in [-0.3, -0.25) is 0 Å². The molecule has 0 unspecified atom stereocenters. The number of nitrogens with zero attached hydrogens (tertiary/aromatic N) is 6. The summed E-state index contributed by atoms with van der Waals surface area (Å²) < 4.78 is 7.64. The first-order valence-electron chi connectivity index (χ1n) is 13.1. The maximum absolute atomic E-state index is 10.3. The van der Waals surface area contributed by atoms with E-state index in [-0.39, 0.29) is 6.61 Å². The van der Waals surface area contributed by atoms with Gasteiger partial charge in [0.05, 0.1) is 30.1 Å². The summed E-state index contributed by atoms with van der Waals surface area (Å²) in [5.41, 5.74) is 2.70. The number of benzene rings is 1. The highest BCUT2D eigenvalue weighted by Gasteiger charge is 2.36. The number of unbranched alkanes of at least 4 members (excludes halogenated alkanes) is 2. The van der Waals surface area contributed by atoms with E-state index in [2.05, 4.69) is 40.8 Å². The molecule has 1 saturated heterocycles. The molecule has 9 nitrogen and oxygen atoms in total. The van der Waals surface area contributed by atoms with Gasteiger partial charge in [-0.05, 0) is 31.2 Å². The van der Waals surface area contributed by atoms with Gasteiger partial charge in [0.15, 0.2) is 17.7 Å². The fourth-order valence-corrected chi connectivity index (χ4v) is 4.52. The molecule has 3 aromatic rings. The lowest BCUT2D eigenvalue weighted by molar-refractivity contribution is -0.0471. The molecule has 2 aromatic heterocycles. The van der Waals surface area contributed by atoms with Gasteiger partial charge in [0.2, 0.25) is 0 Å². The van der Waals surface area contributed by atoms with Crippen LogP contribution in [0.5, 0.6) is 0 Å². The van der Waals surface area contributed by atoms with E-state index in [0.717, 1.165) is 56.3 Å². The molecule has 4 rings (SSSR count). The van der Waals surface area contributed by atoms with Crippen molar-refractivity contribution in [1.29, 1.82) is 0 Å². The Morgan fingerprint density at radius 2 is 1.86 bits per heavy atom. The van der Waals surface area contributed by atoms with Crippen molar-refractivity contribution in [2.45, 2.75) is 77.2 Å². The Labute approximate surface area is 212 Å². The zero-order chi connectivity index (χ0) is 25.3. The fourth-order valence-electron chi connectivity index (χ4n) is 4.52. The summed E-state index contributed by atoms with van der Waals surface area (Å²) in [5.74, 6) is 0.588. The third kappa shape index (κ3) is 6.27. The molecular weight excluding hydrogens is 456 g/mol. The topological polar surface area (TPSA) is 109 Å². The third-order valence-electron chi connectivity index (χ3n) is 6.63. The Bertz CT molecular complexity index is 1110. The Hall–Kier alpha value is -2.88. The lowest BCUT2D eigenvalue weighted by atomic mass is 10.1. The summed E-state index contributed by atoms with van der Waals surface area (Å²) in [7, 11) is 0. The quantitative estimate of drug-likeness (QED) is 0.275. The van der Waals surface area contributed by atoms with Crippen LogP contribution in [0.3, 0.4) is 0 Å². The number of aryl methyl sites for hydroxylation is 2. The van der Waals surface area contributed by atoms with Gasteiger partial charge >= 0.3 is 0 Å². The van der Waals surface area contributed by atoms with Crippen LogP contribution < -0.4 is 0 Å². The number of ether oxygens (including phenoxy) is 1. The van der Waals surface area contributed by atoms with Crippen LogP contribution in [0.15, 0.2) is 41.7 Å². The second kappa shape index (κ2) is 12.9. The predicted molar refractivity (Wildman–Crippen MR) is 140 cm³/mol. The highest BCUT2D eigenvalue weighted by Crippen LogP contribution is 2.34. The second-order valence-corrected chi connectivity index (χ2v) is 9.38. The van der Waals surface area contributed by atoms with E-state index in [1.54, 1.807) is 4.68 Å². The minimum absolute atomic E-state index is 0.242. The zero-order valence-electron chi connectivity index (χ0n) is 21.3. The molecule has 0 spiro atoms. The van der Waals surface area contributed by atoms with E-state index < -0.39 is 18.4 Å². The number of aromatic nitrogens is 4. The highest BCUT2D eigenvalue weighted by molar-refractivity contribution is 5.89. The zero-order valence-corrected chi connectivity index (χ0v) is 21.3. The van der Waals surface area contributed by atoms with E-state index in [9.17, 15) is 10.2 Å². The molecule has 194 valence electrons. The summed E-state index contributed by atoms with van der Waals surface area (Å²) in [4.78, 5) is 16.1. The lowest BCUT2D eigenvalue weighted by Crippen LogP contribution is -2.24. The maximum Gasteiger partial charge on any atom is 0.168 e. The molecule has 0 radical (unpaired) electrons. The second-order valence-electron chi connectivity index (χ2n) is 9.38. The Morgan fingerprint density at radius 1 is 1.11 bits per heavy atom. The SMILES string of the molecule is CCCCN(/C=N/c1ncnc2c1c(CCc1ccccc1)nn2[C@H]1C[C@H](O)[C@@H](CO)O1)CCCC. The number of rotatable bonds is 13. The smallest absolute Gasteiger partial charge is 0.168 e. The first kappa shape index (κ1) is 26.2. The minimum atomic E-state index is -0.753. The number of aliphatic hydroxyl groups is 2. The van der Waals surface area contributed by atoms with Gasteiger partial charge < -0.3 is 19.8 Å². The van der Waals surface area contributed by atoms with Crippen molar-refractivity contribution in [1.82, 2.24) is 24.6 Å². The van der Waals surface area contributed by atoms with Crippen molar-refractivity contribution in [3.05, 3.63) is 47.9 Å². The Morgan fingerprint density at radius 3 is 2.53 bits per heavy atom. The van der Waals surface area contributed by atoms with Crippen LogP contribution in [-0.2, 0) is 17.6 Å². The van der Waals surface area contributed by atoms with Crippen LogP contribution in [0, 0.1) is 0 Å². The summed E-state index contributed by atoms with van der Waals surface area (Å²) >= 11 is 0. The van der Waals surface area contributed by atoms with Gasteiger partial charge in [0, 0.05) is 19.5 Å². The number of fused-ring (bicyclic) bond motifs is 1. The predicted octanol–water partition coefficient (Wildman–Crippen LogP) is 3.81. The summed E-state index contributed by atoms with van der Waals surface area (Å²) in [5, 5.41) is 25.6. The Kier molecular flexibility index (Phi) is 9.38. The van der Waals surface area contributed by atoms with Crippen LogP contribution in [0.1, 0.15) is 63.4 Å². The van der Waals surface area contributed by atoms with Gasteiger partial charge in [-0.2, -0.15) is 5.10 Å². The number of aliphatic hydroxyl groups excluding tert-OH is 2. The average Bonchev–Trinajstić information content (AvgIpc) is 3.47. The van der Waals surface area contributed by atoms with Gasteiger partial charge in [-0.1, -0.05) is 57.0 Å².